The van der Waals surface area contributed by atoms with Crippen LogP contribution in [0.5, 0.6) is 5.75 Å². The molecule has 0 heterocycles. The van der Waals surface area contributed by atoms with E-state index in [1.807, 2.05) is 42.5 Å². The smallest absolute Gasteiger partial charge is 0.233 e. The molecule has 0 saturated heterocycles. The first kappa shape index (κ1) is 13.6. The Kier molecular flexibility index (Phi) is 4.19. The number of rotatable bonds is 6. The first-order chi connectivity index (χ1) is 9.12. The van der Waals surface area contributed by atoms with Gasteiger partial charge in [-0.15, -0.1) is 0 Å². The van der Waals surface area contributed by atoms with E-state index in [1.54, 1.807) is 0 Å². The number of hydrogen-bond acceptors (Lipinski definition) is 3. The molecule has 0 radical (unpaired) electrons. The first-order valence-corrected chi connectivity index (χ1v) is 7.40. The van der Waals surface area contributed by atoms with Crippen molar-refractivity contribution >= 4 is 20.8 Å². The molecule has 0 unspecified atom stereocenters. The number of ether oxygens (including phenoxy) is 1. The number of fused-ring (bicyclic) bond motifs is 1. The van der Waals surface area contributed by atoms with Gasteiger partial charge in [-0.2, -0.15) is 0 Å². The molecular weight excluding hydrogens is 262 g/mol. The van der Waals surface area contributed by atoms with Crippen LogP contribution in [-0.2, 0) is 10.0 Å². The summed E-state index contributed by atoms with van der Waals surface area (Å²) in [4.78, 5) is 0. The number of nitrogens with one attached hydrogen (secondary N) is 1. The summed E-state index contributed by atoms with van der Waals surface area (Å²) in [6.45, 7) is 3.69. The van der Waals surface area contributed by atoms with Crippen molar-refractivity contribution in [2.45, 2.75) is 0 Å². The van der Waals surface area contributed by atoms with Gasteiger partial charge in [0.1, 0.15) is 12.4 Å². The van der Waals surface area contributed by atoms with E-state index in [0.29, 0.717) is 0 Å². The zero-order valence-corrected chi connectivity index (χ0v) is 11.2. The summed E-state index contributed by atoms with van der Waals surface area (Å²) in [5, 5.41) is 2.98. The summed E-state index contributed by atoms with van der Waals surface area (Å²) in [7, 11) is -3.38. The third-order valence-electron chi connectivity index (χ3n) is 2.63. The monoisotopic (exact) mass is 277 g/mol. The number of sulfonamides is 1. The molecule has 1 N–H and O–H groups in total. The topological polar surface area (TPSA) is 55.4 Å². The van der Waals surface area contributed by atoms with E-state index in [1.165, 1.54) is 0 Å². The molecule has 0 bridgehead atoms. The molecule has 0 aliphatic carbocycles. The van der Waals surface area contributed by atoms with Crippen LogP contribution < -0.4 is 9.46 Å². The maximum atomic E-state index is 11.1. The van der Waals surface area contributed by atoms with Crippen LogP contribution in [0.25, 0.3) is 10.8 Å². The van der Waals surface area contributed by atoms with Crippen LogP contribution in [0.1, 0.15) is 0 Å². The van der Waals surface area contributed by atoms with Crippen molar-refractivity contribution in [3.05, 3.63) is 54.5 Å². The second-order valence-electron chi connectivity index (χ2n) is 3.93. The van der Waals surface area contributed by atoms with Crippen LogP contribution in [0.3, 0.4) is 0 Å². The van der Waals surface area contributed by atoms with Gasteiger partial charge in [-0.1, -0.05) is 43.0 Å². The molecular formula is C14H15NO3S. The van der Waals surface area contributed by atoms with Gasteiger partial charge >= 0.3 is 0 Å². The normalized spacial score (nSPS) is 11.4. The van der Waals surface area contributed by atoms with E-state index in [4.69, 9.17) is 4.74 Å². The molecule has 2 aromatic carbocycles. The number of benzene rings is 2. The molecule has 0 spiro atoms. The molecule has 0 saturated carbocycles. The minimum Gasteiger partial charge on any atom is -0.492 e. The van der Waals surface area contributed by atoms with Gasteiger partial charge in [0.05, 0.1) is 0 Å². The van der Waals surface area contributed by atoms with Crippen molar-refractivity contribution in [3.63, 3.8) is 0 Å². The summed E-state index contributed by atoms with van der Waals surface area (Å²) >= 11 is 0. The molecule has 2 rings (SSSR count). The van der Waals surface area contributed by atoms with Crippen molar-refractivity contribution < 1.29 is 13.2 Å². The van der Waals surface area contributed by atoms with Gasteiger partial charge < -0.3 is 4.74 Å². The average molecular weight is 277 g/mol. The standard InChI is InChI=1S/C14H15NO3S/c1-2-19(16,17)15-10-11-18-14-9-5-7-12-6-3-4-8-13(12)14/h2-9,15H,1,10-11H2. The quantitative estimate of drug-likeness (QED) is 0.824. The lowest BCUT2D eigenvalue weighted by molar-refractivity contribution is 0.327. The highest BCUT2D eigenvalue weighted by Gasteiger charge is 2.04. The summed E-state index contributed by atoms with van der Waals surface area (Å²) in [6.07, 6.45) is 0. The highest BCUT2D eigenvalue weighted by Crippen LogP contribution is 2.24. The lowest BCUT2D eigenvalue weighted by Gasteiger charge is -2.09. The Morgan fingerprint density at radius 2 is 1.89 bits per heavy atom. The van der Waals surface area contributed by atoms with Crippen molar-refractivity contribution in [2.24, 2.45) is 0 Å². The zero-order chi connectivity index (χ0) is 13.7. The van der Waals surface area contributed by atoms with Crippen LogP contribution in [-0.4, -0.2) is 21.6 Å². The Morgan fingerprint density at radius 1 is 1.16 bits per heavy atom. The van der Waals surface area contributed by atoms with Gasteiger partial charge in [0.2, 0.25) is 10.0 Å². The predicted octanol–water partition coefficient (Wildman–Crippen LogP) is 2.28. The van der Waals surface area contributed by atoms with E-state index >= 15 is 0 Å². The Bertz CT molecular complexity index is 675. The maximum absolute atomic E-state index is 11.1. The highest BCUT2D eigenvalue weighted by molar-refractivity contribution is 7.92. The highest BCUT2D eigenvalue weighted by atomic mass is 32.2. The molecule has 100 valence electrons. The molecule has 0 aliphatic rings. The average Bonchev–Trinajstić information content (AvgIpc) is 2.44. The van der Waals surface area contributed by atoms with Crippen LogP contribution in [0.15, 0.2) is 54.5 Å². The third-order valence-corrected chi connectivity index (χ3v) is 3.68. The summed E-state index contributed by atoms with van der Waals surface area (Å²) in [5.74, 6) is 0.746. The van der Waals surface area contributed by atoms with Gasteiger partial charge in [-0.05, 0) is 11.5 Å². The van der Waals surface area contributed by atoms with E-state index in [2.05, 4.69) is 11.3 Å². The Balaban J connectivity index is 2.01. The van der Waals surface area contributed by atoms with Gasteiger partial charge in [-0.3, -0.25) is 0 Å². The van der Waals surface area contributed by atoms with Crippen molar-refractivity contribution in [1.82, 2.24) is 4.72 Å². The second kappa shape index (κ2) is 5.86. The van der Waals surface area contributed by atoms with Crippen molar-refractivity contribution in [1.29, 1.82) is 0 Å². The Hall–Kier alpha value is -1.85. The SMILES string of the molecule is C=CS(=O)(=O)NCCOc1cccc2ccccc12. The first-order valence-electron chi connectivity index (χ1n) is 5.85. The summed E-state index contributed by atoms with van der Waals surface area (Å²) in [6, 6.07) is 13.7. The molecule has 0 fully saturated rings. The molecule has 2 aromatic rings. The van der Waals surface area contributed by atoms with Crippen LogP contribution >= 0.6 is 0 Å². The van der Waals surface area contributed by atoms with Crippen LogP contribution in [0.4, 0.5) is 0 Å². The van der Waals surface area contributed by atoms with Crippen molar-refractivity contribution in [3.8, 4) is 5.75 Å². The third kappa shape index (κ3) is 3.56. The van der Waals surface area contributed by atoms with E-state index in [9.17, 15) is 8.42 Å². The minimum absolute atomic E-state index is 0.206. The lowest BCUT2D eigenvalue weighted by atomic mass is 10.1. The fourth-order valence-corrected chi connectivity index (χ4v) is 2.21. The van der Waals surface area contributed by atoms with Gasteiger partial charge in [0, 0.05) is 17.3 Å². The van der Waals surface area contributed by atoms with Gasteiger partial charge in [-0.25, -0.2) is 13.1 Å². The van der Waals surface area contributed by atoms with Gasteiger partial charge in [0.15, 0.2) is 0 Å². The molecule has 4 nitrogen and oxygen atoms in total. The van der Waals surface area contributed by atoms with E-state index in [0.717, 1.165) is 21.9 Å². The number of hydrogen-bond donors (Lipinski definition) is 1. The van der Waals surface area contributed by atoms with Crippen molar-refractivity contribution in [2.75, 3.05) is 13.2 Å². The van der Waals surface area contributed by atoms with E-state index in [-0.39, 0.29) is 13.2 Å². The lowest BCUT2D eigenvalue weighted by Crippen LogP contribution is -2.26. The molecule has 0 aliphatic heterocycles. The molecule has 0 atom stereocenters. The predicted molar refractivity (Wildman–Crippen MR) is 76.6 cm³/mol. The fraction of sp³-hybridized carbons (Fsp3) is 0.143. The maximum Gasteiger partial charge on any atom is 0.233 e. The molecule has 5 heteroatoms. The zero-order valence-electron chi connectivity index (χ0n) is 10.4. The van der Waals surface area contributed by atoms with Crippen LogP contribution in [0.2, 0.25) is 0 Å². The van der Waals surface area contributed by atoms with Gasteiger partial charge in [0.25, 0.3) is 0 Å². The Labute approximate surface area is 112 Å². The fourth-order valence-electron chi connectivity index (χ4n) is 1.73. The van der Waals surface area contributed by atoms with Crippen LogP contribution in [0, 0.1) is 0 Å². The summed E-state index contributed by atoms with van der Waals surface area (Å²) in [5.41, 5.74) is 0. The van der Waals surface area contributed by atoms with E-state index < -0.39 is 10.0 Å². The molecule has 19 heavy (non-hydrogen) atoms. The summed E-state index contributed by atoms with van der Waals surface area (Å²) < 4.78 is 30.2. The molecule has 0 amide bonds. The minimum atomic E-state index is -3.38. The largest absolute Gasteiger partial charge is 0.492 e. The molecule has 0 aromatic heterocycles. The second-order valence-corrected chi connectivity index (χ2v) is 5.64. The Morgan fingerprint density at radius 3 is 2.68 bits per heavy atom.